The van der Waals surface area contributed by atoms with Gasteiger partial charge in [-0.3, -0.25) is 4.79 Å². The molecule has 2 fully saturated rings. The molecule has 22 heavy (non-hydrogen) atoms. The van der Waals surface area contributed by atoms with E-state index in [9.17, 15) is 4.79 Å². The highest BCUT2D eigenvalue weighted by Crippen LogP contribution is 2.28. The van der Waals surface area contributed by atoms with Gasteiger partial charge in [-0.05, 0) is 62.9 Å². The topological polar surface area (TPSA) is 41.6 Å². The predicted molar refractivity (Wildman–Crippen MR) is 89.8 cm³/mol. The highest BCUT2D eigenvalue weighted by Gasteiger charge is 2.31. The van der Waals surface area contributed by atoms with Gasteiger partial charge in [-0.25, -0.2) is 0 Å². The molecule has 122 valence electrons. The molecule has 2 saturated heterocycles. The van der Waals surface area contributed by atoms with Gasteiger partial charge in [0.2, 0.25) is 0 Å². The SMILES string of the molecule is CCOc1cccc(C(=O)N2CC[C@@H]3CNC[C@@H]3CC2)c1.Cl. The third-order valence-electron chi connectivity index (χ3n) is 4.70. The number of nitrogens with one attached hydrogen (secondary N) is 1. The third kappa shape index (κ3) is 3.73. The quantitative estimate of drug-likeness (QED) is 0.929. The average Bonchev–Trinajstić information content (AvgIpc) is 2.86. The number of halogens is 1. The van der Waals surface area contributed by atoms with Crippen molar-refractivity contribution in [2.24, 2.45) is 11.8 Å². The molecule has 1 aromatic rings. The Hall–Kier alpha value is -1.26. The number of benzene rings is 1. The van der Waals surface area contributed by atoms with Crippen molar-refractivity contribution in [2.45, 2.75) is 19.8 Å². The molecule has 1 aromatic carbocycles. The maximum absolute atomic E-state index is 12.7. The number of amides is 1. The van der Waals surface area contributed by atoms with Gasteiger partial charge in [0.1, 0.15) is 5.75 Å². The second-order valence-corrected chi connectivity index (χ2v) is 6.01. The summed E-state index contributed by atoms with van der Waals surface area (Å²) in [5.41, 5.74) is 0.742. The molecule has 5 heteroatoms. The molecule has 4 nitrogen and oxygen atoms in total. The van der Waals surface area contributed by atoms with Crippen LogP contribution in [-0.2, 0) is 0 Å². The van der Waals surface area contributed by atoms with E-state index in [4.69, 9.17) is 4.74 Å². The molecule has 0 unspecified atom stereocenters. The summed E-state index contributed by atoms with van der Waals surface area (Å²) < 4.78 is 5.49. The van der Waals surface area contributed by atoms with Crippen LogP contribution in [0.2, 0.25) is 0 Å². The van der Waals surface area contributed by atoms with Crippen LogP contribution in [0.4, 0.5) is 0 Å². The van der Waals surface area contributed by atoms with Gasteiger partial charge in [0, 0.05) is 18.7 Å². The predicted octanol–water partition coefficient (Wildman–Crippen LogP) is 2.58. The standard InChI is InChI=1S/C17H24N2O2.ClH/c1-2-21-16-5-3-4-13(10-16)17(20)19-8-6-14-11-18-12-15(14)7-9-19;/h3-5,10,14-15,18H,2,6-9,11-12H2,1H3;1H/t14-,15+;. The van der Waals surface area contributed by atoms with Gasteiger partial charge in [-0.2, -0.15) is 0 Å². The second-order valence-electron chi connectivity index (χ2n) is 6.01. The van der Waals surface area contributed by atoms with Crippen molar-refractivity contribution in [2.75, 3.05) is 32.8 Å². The van der Waals surface area contributed by atoms with Crippen LogP contribution in [0.1, 0.15) is 30.1 Å². The van der Waals surface area contributed by atoms with Gasteiger partial charge in [0.15, 0.2) is 0 Å². The molecule has 1 N–H and O–H groups in total. The Bertz CT molecular complexity index is 495. The monoisotopic (exact) mass is 324 g/mol. The number of rotatable bonds is 3. The highest BCUT2D eigenvalue weighted by molar-refractivity contribution is 5.94. The maximum atomic E-state index is 12.7. The van der Waals surface area contributed by atoms with Crippen molar-refractivity contribution in [3.05, 3.63) is 29.8 Å². The van der Waals surface area contributed by atoms with E-state index < -0.39 is 0 Å². The van der Waals surface area contributed by atoms with E-state index in [0.717, 1.165) is 62.2 Å². The lowest BCUT2D eigenvalue weighted by molar-refractivity contribution is 0.0758. The minimum Gasteiger partial charge on any atom is -0.494 e. The molecular weight excluding hydrogens is 300 g/mol. The molecule has 2 heterocycles. The van der Waals surface area contributed by atoms with Gasteiger partial charge in [0.25, 0.3) is 5.91 Å². The Kier molecular flexibility index (Phi) is 6.09. The Morgan fingerprint density at radius 2 is 1.95 bits per heavy atom. The molecule has 1 amide bonds. The number of carbonyl (C=O) groups is 1. The maximum Gasteiger partial charge on any atom is 0.253 e. The highest BCUT2D eigenvalue weighted by atomic mass is 35.5. The average molecular weight is 325 g/mol. The fraction of sp³-hybridized carbons (Fsp3) is 0.588. The Balaban J connectivity index is 0.00000176. The van der Waals surface area contributed by atoms with Crippen LogP contribution in [0.5, 0.6) is 5.75 Å². The molecule has 0 radical (unpaired) electrons. The van der Waals surface area contributed by atoms with E-state index in [0.29, 0.717) is 6.61 Å². The first-order chi connectivity index (χ1) is 10.3. The number of ether oxygens (including phenoxy) is 1. The van der Waals surface area contributed by atoms with Crippen molar-refractivity contribution < 1.29 is 9.53 Å². The van der Waals surface area contributed by atoms with Crippen molar-refractivity contribution >= 4 is 18.3 Å². The minimum absolute atomic E-state index is 0. The summed E-state index contributed by atoms with van der Waals surface area (Å²) in [6, 6.07) is 7.55. The van der Waals surface area contributed by atoms with E-state index in [2.05, 4.69) is 5.32 Å². The number of hydrogen-bond acceptors (Lipinski definition) is 3. The first-order valence-electron chi connectivity index (χ1n) is 8.00. The summed E-state index contributed by atoms with van der Waals surface area (Å²) in [6.07, 6.45) is 2.24. The lowest BCUT2D eigenvalue weighted by Crippen LogP contribution is -2.32. The number of carbonyl (C=O) groups excluding carboxylic acids is 1. The first kappa shape index (κ1) is 17.1. The van der Waals surface area contributed by atoms with E-state index in [1.807, 2.05) is 36.1 Å². The zero-order valence-corrected chi connectivity index (χ0v) is 13.9. The van der Waals surface area contributed by atoms with Crippen LogP contribution < -0.4 is 10.1 Å². The Labute approximate surface area is 138 Å². The third-order valence-corrected chi connectivity index (χ3v) is 4.70. The van der Waals surface area contributed by atoms with Crippen LogP contribution in [0.15, 0.2) is 24.3 Å². The van der Waals surface area contributed by atoms with E-state index in [1.54, 1.807) is 0 Å². The molecule has 2 aliphatic rings. The lowest BCUT2D eigenvalue weighted by Gasteiger charge is -2.21. The zero-order valence-electron chi connectivity index (χ0n) is 13.1. The summed E-state index contributed by atoms with van der Waals surface area (Å²) in [6.45, 7) is 6.56. The molecule has 2 atom stereocenters. The van der Waals surface area contributed by atoms with Gasteiger partial charge in [-0.15, -0.1) is 12.4 Å². The Morgan fingerprint density at radius 1 is 1.27 bits per heavy atom. The number of hydrogen-bond donors (Lipinski definition) is 1. The molecule has 0 spiro atoms. The largest absolute Gasteiger partial charge is 0.494 e. The Morgan fingerprint density at radius 3 is 2.59 bits per heavy atom. The summed E-state index contributed by atoms with van der Waals surface area (Å²) in [5, 5.41) is 3.47. The van der Waals surface area contributed by atoms with Crippen molar-refractivity contribution in [3.63, 3.8) is 0 Å². The van der Waals surface area contributed by atoms with E-state index in [-0.39, 0.29) is 18.3 Å². The normalized spacial score (nSPS) is 24.1. The second kappa shape index (κ2) is 7.84. The van der Waals surface area contributed by atoms with Crippen molar-refractivity contribution in [1.82, 2.24) is 10.2 Å². The molecule has 2 aliphatic heterocycles. The number of nitrogens with zero attached hydrogens (tertiary/aromatic N) is 1. The molecule has 0 bridgehead atoms. The van der Waals surface area contributed by atoms with Crippen LogP contribution >= 0.6 is 12.4 Å². The first-order valence-corrected chi connectivity index (χ1v) is 8.00. The van der Waals surface area contributed by atoms with Crippen LogP contribution in [-0.4, -0.2) is 43.6 Å². The smallest absolute Gasteiger partial charge is 0.253 e. The number of fused-ring (bicyclic) bond motifs is 1. The van der Waals surface area contributed by atoms with Gasteiger partial charge in [0.05, 0.1) is 6.61 Å². The van der Waals surface area contributed by atoms with Crippen LogP contribution in [0.25, 0.3) is 0 Å². The fourth-order valence-electron chi connectivity index (χ4n) is 3.49. The molecular formula is C17H25ClN2O2. The number of likely N-dealkylation sites (tertiary alicyclic amines) is 1. The van der Waals surface area contributed by atoms with E-state index >= 15 is 0 Å². The molecule has 3 rings (SSSR count). The van der Waals surface area contributed by atoms with Gasteiger partial charge >= 0.3 is 0 Å². The van der Waals surface area contributed by atoms with Crippen LogP contribution in [0, 0.1) is 11.8 Å². The summed E-state index contributed by atoms with van der Waals surface area (Å²) in [7, 11) is 0. The summed E-state index contributed by atoms with van der Waals surface area (Å²) >= 11 is 0. The van der Waals surface area contributed by atoms with Crippen LogP contribution in [0.3, 0.4) is 0 Å². The summed E-state index contributed by atoms with van der Waals surface area (Å²) in [5.74, 6) is 2.42. The molecule has 0 saturated carbocycles. The van der Waals surface area contributed by atoms with Gasteiger partial charge in [-0.1, -0.05) is 6.07 Å². The molecule has 0 aromatic heterocycles. The van der Waals surface area contributed by atoms with Crippen molar-refractivity contribution in [3.8, 4) is 5.75 Å². The van der Waals surface area contributed by atoms with Gasteiger partial charge < -0.3 is 15.0 Å². The zero-order chi connectivity index (χ0) is 14.7. The lowest BCUT2D eigenvalue weighted by atomic mass is 9.92. The summed E-state index contributed by atoms with van der Waals surface area (Å²) in [4.78, 5) is 14.7. The van der Waals surface area contributed by atoms with E-state index in [1.165, 1.54) is 0 Å². The van der Waals surface area contributed by atoms with Crippen molar-refractivity contribution in [1.29, 1.82) is 0 Å². The molecule has 0 aliphatic carbocycles. The minimum atomic E-state index is 0. The fourth-order valence-corrected chi connectivity index (χ4v) is 3.49.